The summed E-state index contributed by atoms with van der Waals surface area (Å²) >= 11 is 0. The third-order valence-electron chi connectivity index (χ3n) is 1.98. The van der Waals surface area contributed by atoms with E-state index in [1.165, 1.54) is 0 Å². The van der Waals surface area contributed by atoms with Crippen LogP contribution in [0.1, 0.15) is 47.5 Å². The number of hydrogen-bond acceptors (Lipinski definition) is 2. The van der Waals surface area contributed by atoms with Crippen molar-refractivity contribution in [2.75, 3.05) is 0 Å². The van der Waals surface area contributed by atoms with Crippen LogP contribution in [0.3, 0.4) is 0 Å². The van der Waals surface area contributed by atoms with Crippen LogP contribution in [0.4, 0.5) is 0 Å². The van der Waals surface area contributed by atoms with Gasteiger partial charge in [0.15, 0.2) is 0 Å². The van der Waals surface area contributed by atoms with E-state index in [2.05, 4.69) is 20.8 Å². The van der Waals surface area contributed by atoms with Crippen LogP contribution in [-0.4, -0.2) is 21.9 Å². The topological polar surface area (TPSA) is 40.5 Å². The van der Waals surface area contributed by atoms with Gasteiger partial charge >= 0.3 is 0 Å². The van der Waals surface area contributed by atoms with Gasteiger partial charge in [-0.2, -0.15) is 0 Å². The second-order valence-electron chi connectivity index (χ2n) is 5.27. The molecule has 0 aliphatic carbocycles. The summed E-state index contributed by atoms with van der Waals surface area (Å²) in [5.74, 6) is 0. The van der Waals surface area contributed by atoms with Gasteiger partial charge < -0.3 is 10.2 Å². The molecule has 0 aromatic carbocycles. The average Bonchev–Trinajstić information content (AvgIpc) is 1.78. The van der Waals surface area contributed by atoms with Gasteiger partial charge in [-0.05, 0) is 32.1 Å². The van der Waals surface area contributed by atoms with Crippen LogP contribution in [0, 0.1) is 5.41 Å². The Hall–Kier alpha value is -0.0800. The Morgan fingerprint density at radius 1 is 1.08 bits per heavy atom. The van der Waals surface area contributed by atoms with Gasteiger partial charge in [-0.3, -0.25) is 0 Å². The zero-order chi connectivity index (χ0) is 9.99. The van der Waals surface area contributed by atoms with Crippen LogP contribution >= 0.6 is 0 Å². The Morgan fingerprint density at radius 3 is 1.75 bits per heavy atom. The van der Waals surface area contributed by atoms with Crippen molar-refractivity contribution in [3.8, 4) is 0 Å². The van der Waals surface area contributed by atoms with E-state index in [9.17, 15) is 10.2 Å². The summed E-state index contributed by atoms with van der Waals surface area (Å²) < 4.78 is 0. The number of rotatable bonds is 3. The Kier molecular flexibility index (Phi) is 3.73. The summed E-state index contributed by atoms with van der Waals surface area (Å²) in [7, 11) is 0. The van der Waals surface area contributed by atoms with E-state index < -0.39 is 11.7 Å². The maximum absolute atomic E-state index is 9.50. The summed E-state index contributed by atoms with van der Waals surface area (Å²) in [6, 6.07) is 0. The molecule has 0 heterocycles. The first-order chi connectivity index (χ1) is 5.13. The van der Waals surface area contributed by atoms with Gasteiger partial charge in [-0.1, -0.05) is 20.8 Å². The first kappa shape index (κ1) is 11.9. The highest BCUT2D eigenvalue weighted by molar-refractivity contribution is 4.77. The van der Waals surface area contributed by atoms with Crippen molar-refractivity contribution in [1.29, 1.82) is 0 Å². The Morgan fingerprint density at radius 2 is 1.50 bits per heavy atom. The van der Waals surface area contributed by atoms with Crippen LogP contribution in [0.2, 0.25) is 0 Å². The van der Waals surface area contributed by atoms with E-state index in [0.29, 0.717) is 6.42 Å². The quantitative estimate of drug-likeness (QED) is 0.686. The Bertz CT molecular complexity index is 128. The molecule has 0 fully saturated rings. The molecule has 2 heteroatoms. The largest absolute Gasteiger partial charge is 0.390 e. The molecule has 2 nitrogen and oxygen atoms in total. The summed E-state index contributed by atoms with van der Waals surface area (Å²) in [6.07, 6.45) is 0.974. The molecule has 1 unspecified atom stereocenters. The monoisotopic (exact) mass is 174 g/mol. The van der Waals surface area contributed by atoms with Gasteiger partial charge in [0.25, 0.3) is 0 Å². The molecule has 0 spiro atoms. The molecule has 12 heavy (non-hydrogen) atoms. The predicted molar refractivity (Wildman–Crippen MR) is 51.0 cm³/mol. The van der Waals surface area contributed by atoms with Gasteiger partial charge in [0.05, 0.1) is 11.7 Å². The van der Waals surface area contributed by atoms with Crippen molar-refractivity contribution in [3.05, 3.63) is 0 Å². The number of aliphatic hydroxyl groups excluding tert-OH is 1. The molecule has 0 aliphatic rings. The maximum Gasteiger partial charge on any atom is 0.0849 e. The molecule has 0 amide bonds. The summed E-state index contributed by atoms with van der Waals surface area (Å²) in [4.78, 5) is 0. The molecule has 0 aliphatic heterocycles. The first-order valence-electron chi connectivity index (χ1n) is 4.53. The highest BCUT2D eigenvalue weighted by atomic mass is 16.3. The van der Waals surface area contributed by atoms with Crippen LogP contribution in [0.5, 0.6) is 0 Å². The van der Waals surface area contributed by atoms with Gasteiger partial charge in [-0.25, -0.2) is 0 Å². The first-order valence-corrected chi connectivity index (χ1v) is 4.53. The maximum atomic E-state index is 9.50. The molecular formula is C10H22O2. The van der Waals surface area contributed by atoms with Crippen LogP contribution in [0.25, 0.3) is 0 Å². The molecule has 2 N–H and O–H groups in total. The van der Waals surface area contributed by atoms with E-state index in [4.69, 9.17) is 0 Å². The zero-order valence-electron chi connectivity index (χ0n) is 8.89. The lowest BCUT2D eigenvalue weighted by Crippen LogP contribution is -2.36. The minimum Gasteiger partial charge on any atom is -0.390 e. The lowest BCUT2D eigenvalue weighted by molar-refractivity contribution is -0.0551. The van der Waals surface area contributed by atoms with Crippen LogP contribution < -0.4 is 0 Å². The fraction of sp³-hybridized carbons (Fsp3) is 1.00. The third-order valence-corrected chi connectivity index (χ3v) is 1.98. The van der Waals surface area contributed by atoms with E-state index >= 15 is 0 Å². The van der Waals surface area contributed by atoms with Crippen molar-refractivity contribution in [2.24, 2.45) is 5.41 Å². The lowest BCUT2D eigenvalue weighted by Gasteiger charge is -2.27. The van der Waals surface area contributed by atoms with Gasteiger partial charge in [0.2, 0.25) is 0 Å². The molecule has 1 atom stereocenters. The van der Waals surface area contributed by atoms with Crippen molar-refractivity contribution < 1.29 is 10.2 Å². The normalized spacial score (nSPS) is 16.2. The van der Waals surface area contributed by atoms with Crippen molar-refractivity contribution in [3.63, 3.8) is 0 Å². The lowest BCUT2D eigenvalue weighted by atomic mass is 9.86. The van der Waals surface area contributed by atoms with Crippen molar-refractivity contribution >= 4 is 0 Å². The fourth-order valence-corrected chi connectivity index (χ4v) is 0.923. The summed E-state index contributed by atoms with van der Waals surface area (Å²) in [6.45, 7) is 9.67. The minimum absolute atomic E-state index is 0.228. The molecule has 0 bridgehead atoms. The summed E-state index contributed by atoms with van der Waals surface area (Å²) in [5.41, 5.74) is -0.739. The molecule has 0 aromatic heterocycles. The third kappa shape index (κ3) is 5.56. The van der Waals surface area contributed by atoms with E-state index in [0.717, 1.165) is 6.42 Å². The highest BCUT2D eigenvalue weighted by Gasteiger charge is 2.25. The van der Waals surface area contributed by atoms with E-state index in [1.807, 2.05) is 0 Å². The summed E-state index contributed by atoms with van der Waals surface area (Å²) in [5, 5.41) is 18.9. The second-order valence-corrected chi connectivity index (χ2v) is 5.27. The molecule has 74 valence electrons. The van der Waals surface area contributed by atoms with Gasteiger partial charge in [-0.15, -0.1) is 0 Å². The molecule has 0 radical (unpaired) electrons. The van der Waals surface area contributed by atoms with E-state index in [-0.39, 0.29) is 5.41 Å². The standard InChI is InChI=1S/C10H22O2/c1-9(2,3)7-6-8(11)10(4,5)12/h8,11-12H,6-7H2,1-5H3. The smallest absolute Gasteiger partial charge is 0.0849 e. The molecule has 0 aromatic rings. The van der Waals surface area contributed by atoms with Crippen LogP contribution in [0.15, 0.2) is 0 Å². The van der Waals surface area contributed by atoms with Crippen molar-refractivity contribution in [2.45, 2.75) is 59.2 Å². The molecular weight excluding hydrogens is 152 g/mol. The number of aliphatic hydroxyl groups is 2. The van der Waals surface area contributed by atoms with Crippen molar-refractivity contribution in [1.82, 2.24) is 0 Å². The molecule has 0 rings (SSSR count). The average molecular weight is 174 g/mol. The highest BCUT2D eigenvalue weighted by Crippen LogP contribution is 2.24. The molecule has 0 saturated carbocycles. The van der Waals surface area contributed by atoms with Crippen LogP contribution in [-0.2, 0) is 0 Å². The van der Waals surface area contributed by atoms with Gasteiger partial charge in [0, 0.05) is 0 Å². The molecule has 0 saturated heterocycles. The van der Waals surface area contributed by atoms with E-state index in [1.54, 1.807) is 13.8 Å². The Balaban J connectivity index is 3.80. The fourth-order valence-electron chi connectivity index (χ4n) is 0.923. The SMILES string of the molecule is CC(C)(C)CCC(O)C(C)(C)O. The minimum atomic E-state index is -0.967. The zero-order valence-corrected chi connectivity index (χ0v) is 8.89. The predicted octanol–water partition coefficient (Wildman–Crippen LogP) is 1.94. The number of hydrogen-bond donors (Lipinski definition) is 2. The second kappa shape index (κ2) is 3.75. The van der Waals surface area contributed by atoms with Gasteiger partial charge in [0.1, 0.15) is 0 Å². The Labute approximate surface area is 75.6 Å².